The fourth-order valence-corrected chi connectivity index (χ4v) is 14.7. The topological polar surface area (TPSA) is 533 Å². The summed E-state index contributed by atoms with van der Waals surface area (Å²) in [5.74, 6) is 2.02. The van der Waals surface area contributed by atoms with E-state index in [0.29, 0.717) is 139 Å². The molecule has 666 valence electrons. The molecule has 0 spiro atoms. The van der Waals surface area contributed by atoms with E-state index >= 15 is 0 Å². The second-order valence-corrected chi connectivity index (χ2v) is 34.3. The first-order valence-corrected chi connectivity index (χ1v) is 45.7. The lowest BCUT2D eigenvalue weighted by atomic mass is 10.0. The fraction of sp³-hybridized carbons (Fsp3) is 0.133. The van der Waals surface area contributed by atoms with E-state index < -0.39 is 46.3 Å². The Kier molecular flexibility index (Phi) is 29.8. The molecule has 0 saturated carbocycles. The Balaban J connectivity index is 0.706. The second-order valence-electron chi connectivity index (χ2n) is 29.1. The standard InChI is InChI=1S/C90H80N26O12S4/c1-7-128-82-54-81(116-114-78-42-34-72(53-84(78)132(125,126)127)110-102-63-17-12-9-13-18-63)56(3)46-61(82)51-86-95-85(50-60-19-39-75(55(2)45-60)111-107-66-24-20-64(21-25-66)103-105-68-28-35-73(36-29-68)130(119,120)121)96-87(97-86)91-43-14-44-92-88-98-89(93-70-32-40-76(57(4)47-70)112-113-77-41-33-71(52-83(77)129(117)118)109-101-62-15-10-8-11-16-62)100-90(99-88)94-79-48-59(6)80(49-58(79)5)115-108-67-26-22-65(23-27-67)104-106-69-30-37-74(38-31-69)131(122,123)124/h8-13,15-42,45-49,52-54H,7,14,43-44,50-51H2,1-6H3,(H,117,118)(H,119,120,121)(H,122,123,124)(H,125,126,127)(H,91,95,96,97)(H3,92,93,94,98,99,100). The van der Waals surface area contributed by atoms with Gasteiger partial charge >= 0.3 is 0 Å². The molecule has 0 aliphatic heterocycles. The zero-order valence-corrected chi connectivity index (χ0v) is 74.3. The SMILES string of the molecule is CCOc1cc(N=Nc2ccc(N=Nc3ccccc3)cc2S(=O)(=O)O)c(C)cc1Cc1nc(Cc2ccc(N=Nc3ccc(N=Nc4ccc(S(=O)(=O)O)cc4)cc3)c(C)c2)nc(NCCCNc2nc(Nc3ccc(N=Nc4ccc(N=Nc5ccccc5)cc4S(=O)O)c(C)c3)nc(Nc3cc(C)c(N=Nc4ccc(N=Nc5ccc(S(=O)(=O)O)cc5)cc4)cc3C)n2)n1. The normalized spacial score (nSPS) is 12.4. The maximum atomic E-state index is 12.8. The summed E-state index contributed by atoms with van der Waals surface area (Å²) in [5, 5.41) is 82.6. The monoisotopic (exact) mass is 1840 g/mol. The Morgan fingerprint density at radius 2 is 0.735 bits per heavy atom. The number of hydrogen-bond acceptors (Lipinski definition) is 34. The molecule has 38 nitrogen and oxygen atoms in total. The van der Waals surface area contributed by atoms with E-state index in [4.69, 9.17) is 34.6 Å². The minimum absolute atomic E-state index is 0.0101. The first-order chi connectivity index (χ1) is 63.5. The summed E-state index contributed by atoms with van der Waals surface area (Å²) in [6, 6.07) is 69.1. The zero-order chi connectivity index (χ0) is 92.9. The van der Waals surface area contributed by atoms with Crippen LogP contribution in [-0.2, 0) is 54.3 Å². The molecular weight excluding hydrogens is 1770 g/mol. The van der Waals surface area contributed by atoms with Crippen LogP contribution in [0.2, 0.25) is 0 Å². The molecule has 2 aromatic heterocycles. The highest BCUT2D eigenvalue weighted by Gasteiger charge is 2.22. The number of rotatable bonds is 36. The van der Waals surface area contributed by atoms with Crippen molar-refractivity contribution in [1.82, 2.24) is 29.9 Å². The molecule has 0 radical (unpaired) electrons. The number of benzene rings is 12. The summed E-state index contributed by atoms with van der Waals surface area (Å²) < 4.78 is 130. The number of aryl methyl sites for hydroxylation is 5. The molecule has 1 atom stereocenters. The average Bonchev–Trinajstić information content (AvgIpc) is 0.810. The molecule has 1 unspecified atom stereocenters. The minimum atomic E-state index is -4.82. The lowest BCUT2D eigenvalue weighted by Gasteiger charge is -2.15. The van der Waals surface area contributed by atoms with Gasteiger partial charge in [-0.05, 0) is 282 Å². The van der Waals surface area contributed by atoms with Gasteiger partial charge in [-0.25, -0.2) is 9.19 Å². The highest BCUT2D eigenvalue weighted by Crippen LogP contribution is 2.39. The van der Waals surface area contributed by atoms with Gasteiger partial charge in [-0.2, -0.15) is 122 Å². The number of azo groups is 8. The van der Waals surface area contributed by atoms with E-state index in [9.17, 15) is 47.7 Å². The summed E-state index contributed by atoms with van der Waals surface area (Å²) in [6.45, 7) is 12.1. The molecule has 14 rings (SSSR count). The van der Waals surface area contributed by atoms with Crippen LogP contribution in [0.3, 0.4) is 0 Å². The van der Waals surface area contributed by atoms with Crippen molar-refractivity contribution in [2.24, 2.45) is 81.8 Å². The van der Waals surface area contributed by atoms with E-state index in [1.54, 1.807) is 115 Å². The first-order valence-electron chi connectivity index (χ1n) is 40.3. The van der Waals surface area contributed by atoms with Gasteiger partial charge in [0.15, 0.2) is 11.1 Å². The van der Waals surface area contributed by atoms with Crippen molar-refractivity contribution in [1.29, 1.82) is 0 Å². The number of aromatic nitrogens is 6. The van der Waals surface area contributed by atoms with Crippen LogP contribution in [0.4, 0.5) is 126 Å². The third kappa shape index (κ3) is 26.1. The van der Waals surface area contributed by atoms with E-state index in [1.165, 1.54) is 66.7 Å². The van der Waals surface area contributed by atoms with E-state index in [0.717, 1.165) is 28.3 Å². The quantitative estimate of drug-likeness (QED) is 0.00782. The first kappa shape index (κ1) is 92.5. The molecular formula is C90H80N26O12S4. The molecule has 2 heterocycles. The Bertz CT molecular complexity index is 7250. The average molecular weight is 1850 g/mol. The van der Waals surface area contributed by atoms with Crippen molar-refractivity contribution in [3.05, 3.63) is 305 Å². The molecule has 0 saturated heterocycles. The van der Waals surface area contributed by atoms with Crippen molar-refractivity contribution in [2.45, 2.75) is 80.4 Å². The van der Waals surface area contributed by atoms with Crippen LogP contribution in [0.15, 0.2) is 356 Å². The molecule has 12 aromatic carbocycles. The van der Waals surface area contributed by atoms with Crippen LogP contribution >= 0.6 is 0 Å². The Hall–Kier alpha value is -15.7. The van der Waals surface area contributed by atoms with Crippen LogP contribution in [0.25, 0.3) is 0 Å². The molecule has 42 heteroatoms. The maximum Gasteiger partial charge on any atom is 0.296 e. The van der Waals surface area contributed by atoms with Crippen LogP contribution in [0.1, 0.15) is 63.9 Å². The van der Waals surface area contributed by atoms with Gasteiger partial charge in [0.2, 0.25) is 23.8 Å². The number of hydrogen-bond donors (Lipinski definition) is 8. The number of nitrogens with one attached hydrogen (secondary N) is 4. The van der Waals surface area contributed by atoms with Crippen molar-refractivity contribution >= 4 is 168 Å². The summed E-state index contributed by atoms with van der Waals surface area (Å²) in [7, 11) is -13.5. The fourth-order valence-electron chi connectivity index (χ4n) is 12.5. The molecule has 0 bridgehead atoms. The summed E-state index contributed by atoms with van der Waals surface area (Å²) >= 11 is -2.44. The number of nitrogens with zero attached hydrogens (tertiary/aromatic N) is 22. The van der Waals surface area contributed by atoms with Gasteiger partial charge in [-0.1, -0.05) is 48.5 Å². The van der Waals surface area contributed by atoms with Gasteiger partial charge in [0, 0.05) is 48.9 Å². The van der Waals surface area contributed by atoms with Crippen molar-refractivity contribution in [2.75, 3.05) is 41.0 Å². The Labute approximate surface area is 759 Å². The number of anilines is 6. The van der Waals surface area contributed by atoms with Crippen molar-refractivity contribution in [3.63, 3.8) is 0 Å². The molecule has 0 aliphatic carbocycles. The summed E-state index contributed by atoms with van der Waals surface area (Å²) in [4.78, 5) is 28.3. The van der Waals surface area contributed by atoms with Crippen LogP contribution < -0.4 is 26.0 Å². The third-order valence-corrected chi connectivity index (χ3v) is 22.5. The van der Waals surface area contributed by atoms with Crippen molar-refractivity contribution < 1.29 is 52.4 Å². The lowest BCUT2D eigenvalue weighted by Crippen LogP contribution is -2.15. The molecule has 0 fully saturated rings. The van der Waals surface area contributed by atoms with E-state index in [2.05, 4.69) is 103 Å². The van der Waals surface area contributed by atoms with Gasteiger partial charge in [-0.15, -0.1) is 10.2 Å². The largest absolute Gasteiger partial charge is 0.494 e. The van der Waals surface area contributed by atoms with E-state index in [-0.39, 0.29) is 75.0 Å². The van der Waals surface area contributed by atoms with Gasteiger partial charge in [0.05, 0.1) is 101 Å². The maximum absolute atomic E-state index is 12.8. The smallest absolute Gasteiger partial charge is 0.296 e. The van der Waals surface area contributed by atoms with Gasteiger partial charge in [0.1, 0.15) is 33.7 Å². The molecule has 8 N–H and O–H groups in total. The highest BCUT2D eigenvalue weighted by atomic mass is 32.2. The second kappa shape index (κ2) is 42.5. The van der Waals surface area contributed by atoms with Gasteiger partial charge < -0.3 is 30.6 Å². The summed E-state index contributed by atoms with van der Waals surface area (Å²) in [6.07, 6.45) is 0.869. The Morgan fingerprint density at radius 3 is 1.25 bits per heavy atom. The molecule has 0 aliphatic rings. The Morgan fingerprint density at radius 1 is 0.341 bits per heavy atom. The van der Waals surface area contributed by atoms with Gasteiger partial charge in [0.25, 0.3) is 30.4 Å². The third-order valence-electron chi connectivity index (χ3n) is 19.2. The summed E-state index contributed by atoms with van der Waals surface area (Å²) in [5.41, 5.74) is 12.8. The van der Waals surface area contributed by atoms with Crippen molar-refractivity contribution in [3.8, 4) is 5.75 Å². The number of ether oxygens (including phenoxy) is 1. The minimum Gasteiger partial charge on any atom is -0.494 e. The van der Waals surface area contributed by atoms with Crippen LogP contribution in [0.5, 0.6) is 5.75 Å². The zero-order valence-electron chi connectivity index (χ0n) is 71.0. The van der Waals surface area contributed by atoms with E-state index in [1.807, 2.05) is 108 Å². The molecule has 0 amide bonds. The highest BCUT2D eigenvalue weighted by molar-refractivity contribution is 7.86. The molecule has 14 aromatic rings. The predicted octanol–water partition coefficient (Wildman–Crippen LogP) is 25.2. The van der Waals surface area contributed by atoms with Crippen LogP contribution in [0, 0.1) is 34.6 Å². The van der Waals surface area contributed by atoms with Crippen LogP contribution in [-0.4, -0.2) is 97.3 Å². The lowest BCUT2D eigenvalue weighted by molar-refractivity contribution is 0.337. The predicted molar refractivity (Wildman–Crippen MR) is 497 cm³/mol. The van der Waals surface area contributed by atoms with Gasteiger partial charge in [-0.3, -0.25) is 13.7 Å². The molecule has 132 heavy (non-hydrogen) atoms.